The lowest BCUT2D eigenvalue weighted by atomic mass is 10.2. The summed E-state index contributed by atoms with van der Waals surface area (Å²) in [6, 6.07) is 2.58. The third-order valence-corrected chi connectivity index (χ3v) is 2.88. The van der Waals surface area contributed by atoms with E-state index in [-0.39, 0.29) is 27.6 Å². The Morgan fingerprint density at radius 3 is 2.32 bits per heavy atom. The molecule has 2 rings (SSSR count). The molecule has 5 nitrogen and oxygen atoms in total. The zero-order valence-electron chi connectivity index (χ0n) is 10.8. The number of carbonyl (C=O) groups excluding carboxylic acids is 1. The predicted octanol–water partition coefficient (Wildman–Crippen LogP) is 4.45. The molecule has 10 heteroatoms. The molecule has 1 N–H and O–H groups in total. The van der Waals surface area contributed by atoms with E-state index in [0.717, 1.165) is 0 Å². The van der Waals surface area contributed by atoms with Crippen LogP contribution in [0, 0.1) is 0 Å². The van der Waals surface area contributed by atoms with Crippen LogP contribution in [0.1, 0.15) is 12.5 Å². The Bertz CT molecular complexity index is 693. The first kappa shape index (κ1) is 16.4. The number of carbonyl (C=O) groups is 1. The zero-order valence-corrected chi connectivity index (χ0v) is 12.3. The molecule has 0 amide bonds. The molecule has 0 aliphatic rings. The highest BCUT2D eigenvalue weighted by atomic mass is 35.5. The fourth-order valence-electron chi connectivity index (χ4n) is 1.47. The first-order valence-corrected chi connectivity index (χ1v) is 6.40. The Balaban J connectivity index is 2.26. The number of halogens is 5. The highest BCUT2D eigenvalue weighted by Gasteiger charge is 2.32. The smallest absolute Gasteiger partial charge is 0.416 e. The van der Waals surface area contributed by atoms with Crippen molar-refractivity contribution in [3.63, 3.8) is 0 Å². The molecule has 2 aromatic rings. The molecule has 1 aromatic heterocycles. The zero-order chi connectivity index (χ0) is 16.5. The van der Waals surface area contributed by atoms with Crippen LogP contribution < -0.4 is 9.47 Å². The summed E-state index contributed by atoms with van der Waals surface area (Å²) in [5.41, 5.74) is -1.00. The summed E-state index contributed by atoms with van der Waals surface area (Å²) in [6.45, 7) is 1.19. The lowest BCUT2D eigenvalue weighted by Crippen LogP contribution is -2.05. The molecule has 0 aliphatic heterocycles. The quantitative estimate of drug-likeness (QED) is 0.826. The van der Waals surface area contributed by atoms with Gasteiger partial charge in [0.05, 0.1) is 21.7 Å². The molecule has 0 saturated heterocycles. The first-order valence-electron chi connectivity index (χ1n) is 5.64. The van der Waals surface area contributed by atoms with Crippen LogP contribution in [0.5, 0.6) is 17.5 Å². The maximum atomic E-state index is 12.6. The minimum atomic E-state index is -4.58. The minimum absolute atomic E-state index is 0.00153. The van der Waals surface area contributed by atoms with E-state index in [4.69, 9.17) is 32.7 Å². The Kier molecular flexibility index (Phi) is 4.52. The van der Waals surface area contributed by atoms with Crippen molar-refractivity contribution in [2.45, 2.75) is 13.1 Å². The average molecular weight is 355 g/mol. The topological polar surface area (TPSA) is 64.2 Å². The van der Waals surface area contributed by atoms with Crippen molar-refractivity contribution in [3.8, 4) is 17.5 Å². The summed E-state index contributed by atoms with van der Waals surface area (Å²) in [6.07, 6.45) is -4.58. The lowest BCUT2D eigenvalue weighted by Gasteiger charge is -2.11. The molecular formula is C12H7Cl2F3N2O3. The number of ether oxygens (including phenoxy) is 2. The fraction of sp³-hybridized carbons (Fsp3) is 0.167. The van der Waals surface area contributed by atoms with Crippen molar-refractivity contribution in [2.24, 2.45) is 0 Å². The third-order valence-electron chi connectivity index (χ3n) is 2.32. The molecule has 22 heavy (non-hydrogen) atoms. The van der Waals surface area contributed by atoms with E-state index in [1.807, 2.05) is 0 Å². The molecule has 118 valence electrons. The number of aromatic nitrogens is 2. The highest BCUT2D eigenvalue weighted by molar-refractivity contribution is 6.37. The van der Waals surface area contributed by atoms with Gasteiger partial charge in [0.2, 0.25) is 11.8 Å². The number of esters is 1. The predicted molar refractivity (Wildman–Crippen MR) is 71.4 cm³/mol. The summed E-state index contributed by atoms with van der Waals surface area (Å²) >= 11 is 11.5. The van der Waals surface area contributed by atoms with Gasteiger partial charge >= 0.3 is 12.1 Å². The molecule has 1 heterocycles. The SMILES string of the molecule is CC(=O)Oc1cc(Oc2c(Cl)cc(C(F)(F)F)cc2Cl)n[nH]1. The largest absolute Gasteiger partial charge is 0.434 e. The van der Waals surface area contributed by atoms with E-state index in [1.165, 1.54) is 13.0 Å². The van der Waals surface area contributed by atoms with Crippen molar-refractivity contribution in [3.05, 3.63) is 33.8 Å². The van der Waals surface area contributed by atoms with Crippen LogP contribution >= 0.6 is 23.2 Å². The Morgan fingerprint density at radius 2 is 1.82 bits per heavy atom. The number of alkyl halides is 3. The van der Waals surface area contributed by atoms with Gasteiger partial charge in [0, 0.05) is 6.92 Å². The van der Waals surface area contributed by atoms with E-state index < -0.39 is 17.7 Å². The van der Waals surface area contributed by atoms with Gasteiger partial charge in [-0.3, -0.25) is 4.79 Å². The lowest BCUT2D eigenvalue weighted by molar-refractivity contribution is -0.137. The summed E-state index contributed by atoms with van der Waals surface area (Å²) in [7, 11) is 0. The van der Waals surface area contributed by atoms with Crippen molar-refractivity contribution < 1.29 is 27.4 Å². The van der Waals surface area contributed by atoms with Crippen LogP contribution in [0.2, 0.25) is 10.0 Å². The molecular weight excluding hydrogens is 348 g/mol. The van der Waals surface area contributed by atoms with Crippen LogP contribution in [0.4, 0.5) is 13.2 Å². The summed E-state index contributed by atoms with van der Waals surface area (Å²) in [4.78, 5) is 10.8. The number of H-pyrrole nitrogens is 1. The van der Waals surface area contributed by atoms with Gasteiger partial charge in [-0.05, 0) is 12.1 Å². The standard InChI is InChI=1S/C12H7Cl2F3N2O3/c1-5(20)21-9-4-10(19-18-9)22-11-7(13)2-6(3-8(11)14)12(15,16)17/h2-4H,1H3,(H,18,19). The highest BCUT2D eigenvalue weighted by Crippen LogP contribution is 2.41. The number of hydrogen-bond donors (Lipinski definition) is 1. The van der Waals surface area contributed by atoms with Gasteiger partial charge in [0.25, 0.3) is 0 Å². The average Bonchev–Trinajstić information content (AvgIpc) is 2.79. The molecule has 0 radical (unpaired) electrons. The Morgan fingerprint density at radius 1 is 1.23 bits per heavy atom. The number of benzene rings is 1. The minimum Gasteiger partial charge on any atom is -0.434 e. The van der Waals surface area contributed by atoms with Gasteiger partial charge in [0.1, 0.15) is 0 Å². The van der Waals surface area contributed by atoms with E-state index in [0.29, 0.717) is 12.1 Å². The number of hydrogen-bond acceptors (Lipinski definition) is 4. The van der Waals surface area contributed by atoms with Gasteiger partial charge in [0.15, 0.2) is 5.75 Å². The van der Waals surface area contributed by atoms with E-state index in [9.17, 15) is 18.0 Å². The molecule has 0 bridgehead atoms. The summed E-state index contributed by atoms with van der Waals surface area (Å²) in [5, 5.41) is 5.33. The Labute approximate surface area is 131 Å². The van der Waals surface area contributed by atoms with E-state index >= 15 is 0 Å². The molecule has 0 aliphatic carbocycles. The maximum absolute atomic E-state index is 12.6. The van der Waals surface area contributed by atoms with Crippen LogP contribution in [0.3, 0.4) is 0 Å². The first-order chi connectivity index (χ1) is 10.2. The number of nitrogens with zero attached hydrogens (tertiary/aromatic N) is 1. The number of aromatic amines is 1. The fourth-order valence-corrected chi connectivity index (χ4v) is 2.04. The van der Waals surface area contributed by atoms with Gasteiger partial charge < -0.3 is 9.47 Å². The van der Waals surface area contributed by atoms with Gasteiger partial charge in [-0.1, -0.05) is 23.2 Å². The Hall–Kier alpha value is -1.93. The van der Waals surface area contributed by atoms with Crippen LogP contribution in [0.25, 0.3) is 0 Å². The van der Waals surface area contributed by atoms with Gasteiger partial charge in [-0.2, -0.15) is 13.2 Å². The molecule has 1 aromatic carbocycles. The normalized spacial score (nSPS) is 11.4. The molecule has 0 spiro atoms. The maximum Gasteiger partial charge on any atom is 0.416 e. The molecule has 0 saturated carbocycles. The van der Waals surface area contributed by atoms with Crippen LogP contribution in [0.15, 0.2) is 18.2 Å². The van der Waals surface area contributed by atoms with E-state index in [2.05, 4.69) is 10.2 Å². The van der Waals surface area contributed by atoms with Crippen molar-refractivity contribution in [2.75, 3.05) is 0 Å². The van der Waals surface area contributed by atoms with Crippen LogP contribution in [-0.4, -0.2) is 16.2 Å². The second-order valence-electron chi connectivity index (χ2n) is 4.03. The second-order valence-corrected chi connectivity index (χ2v) is 4.85. The van der Waals surface area contributed by atoms with E-state index in [1.54, 1.807) is 0 Å². The van der Waals surface area contributed by atoms with Crippen LogP contribution in [-0.2, 0) is 11.0 Å². The van der Waals surface area contributed by atoms with Gasteiger partial charge in [-0.25, -0.2) is 5.10 Å². The van der Waals surface area contributed by atoms with Crippen molar-refractivity contribution >= 4 is 29.2 Å². The molecule has 0 fully saturated rings. The third kappa shape index (κ3) is 3.83. The monoisotopic (exact) mass is 354 g/mol. The summed E-state index contributed by atoms with van der Waals surface area (Å²) < 4.78 is 47.7. The summed E-state index contributed by atoms with van der Waals surface area (Å²) in [5.74, 6) is -0.862. The van der Waals surface area contributed by atoms with Crippen molar-refractivity contribution in [1.29, 1.82) is 0 Å². The second kappa shape index (κ2) is 6.05. The molecule has 0 unspecified atom stereocenters. The number of rotatable bonds is 3. The van der Waals surface area contributed by atoms with Gasteiger partial charge in [-0.15, -0.1) is 5.10 Å². The number of nitrogens with one attached hydrogen (secondary N) is 1. The molecule has 0 atom stereocenters. The van der Waals surface area contributed by atoms with Crippen molar-refractivity contribution in [1.82, 2.24) is 10.2 Å².